The van der Waals surface area contributed by atoms with E-state index in [4.69, 9.17) is 16.3 Å². The van der Waals surface area contributed by atoms with Gasteiger partial charge in [-0.05, 0) is 32.2 Å². The van der Waals surface area contributed by atoms with Crippen molar-refractivity contribution in [2.45, 2.75) is 25.1 Å². The highest BCUT2D eigenvalue weighted by molar-refractivity contribution is 6.35. The van der Waals surface area contributed by atoms with E-state index in [-0.39, 0.29) is 70.3 Å². The normalized spacial score (nSPS) is 22.2. The summed E-state index contributed by atoms with van der Waals surface area (Å²) in [5, 5.41) is 20.3. The molecule has 0 radical (unpaired) electrons. The van der Waals surface area contributed by atoms with E-state index < -0.39 is 11.9 Å². The van der Waals surface area contributed by atoms with Gasteiger partial charge in [0, 0.05) is 26.2 Å². The second-order valence-electron chi connectivity index (χ2n) is 8.99. The number of rotatable bonds is 7. The number of likely N-dealkylation sites (N-methyl/N-ethyl adjacent to an activating group) is 1. The molecule has 1 aromatic heterocycles. The maximum Gasteiger partial charge on any atom is 0.246 e. The van der Waals surface area contributed by atoms with E-state index in [1.165, 1.54) is 24.3 Å². The molecule has 1 aromatic carbocycles. The molecule has 0 bridgehead atoms. The second kappa shape index (κ2) is 10.4. The monoisotopic (exact) mass is 518 g/mol. The molecule has 3 atom stereocenters. The number of aldehydes is 1. The number of hydrogen-bond donors (Lipinski definition) is 2. The SMILES string of the molecule is C=CC(=O)N1CCN(C)C(COc2c(Cl)c(-c3c(O)cccc3F)nc(N3CC(O)C3C)c2C=O)C1. The van der Waals surface area contributed by atoms with Crippen molar-refractivity contribution in [3.05, 3.63) is 47.3 Å². The lowest BCUT2D eigenvalue weighted by atomic mass is 9.99. The molecule has 3 heterocycles. The third-order valence-corrected chi connectivity index (χ3v) is 7.20. The molecular weight excluding hydrogens is 491 g/mol. The first-order valence-electron chi connectivity index (χ1n) is 11.5. The molecule has 4 rings (SSSR count). The van der Waals surface area contributed by atoms with Gasteiger partial charge in [0.2, 0.25) is 5.91 Å². The van der Waals surface area contributed by atoms with Gasteiger partial charge >= 0.3 is 0 Å². The molecule has 192 valence electrons. The molecule has 36 heavy (non-hydrogen) atoms. The standard InChI is InChI=1S/C25H28ClFN4O5/c1-4-20(35)30-9-8-29(3)15(10-30)13-36-24-16(12-32)25(31-11-19(34)14(31)2)28-23(22(24)26)21-17(27)6-5-7-18(21)33/h4-7,12,14-15,19,33-34H,1,8-11,13H2,2-3H3. The van der Waals surface area contributed by atoms with Crippen LogP contribution in [-0.2, 0) is 4.79 Å². The van der Waals surface area contributed by atoms with Gasteiger partial charge < -0.3 is 24.7 Å². The number of amides is 1. The van der Waals surface area contributed by atoms with Crippen LogP contribution in [0.15, 0.2) is 30.9 Å². The third kappa shape index (κ3) is 4.63. The molecule has 0 spiro atoms. The Bertz CT molecular complexity index is 1180. The number of nitrogens with zero attached hydrogens (tertiary/aromatic N) is 4. The van der Waals surface area contributed by atoms with Crippen LogP contribution in [0, 0.1) is 5.82 Å². The van der Waals surface area contributed by atoms with E-state index in [1.807, 2.05) is 11.9 Å². The Balaban J connectivity index is 1.76. The first kappa shape index (κ1) is 25.9. The summed E-state index contributed by atoms with van der Waals surface area (Å²) in [6.07, 6.45) is 1.19. The number of benzene rings is 1. The Morgan fingerprint density at radius 2 is 2.11 bits per heavy atom. The Morgan fingerprint density at radius 3 is 2.72 bits per heavy atom. The van der Waals surface area contributed by atoms with Crippen LogP contribution >= 0.6 is 11.6 Å². The van der Waals surface area contributed by atoms with E-state index in [0.717, 1.165) is 0 Å². The number of pyridine rings is 1. The van der Waals surface area contributed by atoms with Crippen molar-refractivity contribution in [2.24, 2.45) is 0 Å². The predicted octanol–water partition coefficient (Wildman–Crippen LogP) is 2.34. The highest BCUT2D eigenvalue weighted by atomic mass is 35.5. The maximum atomic E-state index is 14.8. The number of piperazine rings is 1. The summed E-state index contributed by atoms with van der Waals surface area (Å²) >= 11 is 6.65. The van der Waals surface area contributed by atoms with E-state index in [1.54, 1.807) is 16.7 Å². The number of aromatic nitrogens is 1. The molecular formula is C25H28ClFN4O5. The summed E-state index contributed by atoms with van der Waals surface area (Å²) in [4.78, 5) is 34.2. The molecule has 3 unspecified atom stereocenters. The molecule has 0 aliphatic carbocycles. The van der Waals surface area contributed by atoms with Gasteiger partial charge in [0.15, 0.2) is 12.0 Å². The number of carbonyl (C=O) groups is 2. The molecule has 2 aliphatic rings. The number of aliphatic hydroxyl groups is 1. The fourth-order valence-corrected chi connectivity index (χ4v) is 4.72. The van der Waals surface area contributed by atoms with Crippen LogP contribution in [0.3, 0.4) is 0 Å². The average Bonchev–Trinajstić information content (AvgIpc) is 2.87. The Morgan fingerprint density at radius 1 is 1.36 bits per heavy atom. The number of aliphatic hydroxyl groups excluding tert-OH is 1. The number of anilines is 1. The van der Waals surface area contributed by atoms with Gasteiger partial charge in [0.25, 0.3) is 0 Å². The number of halogens is 2. The lowest BCUT2D eigenvalue weighted by Crippen LogP contribution is -2.59. The minimum absolute atomic E-state index is 0.0107. The highest BCUT2D eigenvalue weighted by Gasteiger charge is 2.38. The van der Waals surface area contributed by atoms with Crippen LogP contribution in [-0.4, -0.2) is 95.2 Å². The van der Waals surface area contributed by atoms with Crippen molar-refractivity contribution >= 4 is 29.6 Å². The largest absolute Gasteiger partial charge is 0.507 e. The second-order valence-corrected chi connectivity index (χ2v) is 9.36. The maximum absolute atomic E-state index is 14.8. The quantitative estimate of drug-likeness (QED) is 0.425. The molecule has 2 aromatic rings. The third-order valence-electron chi connectivity index (χ3n) is 6.84. The van der Waals surface area contributed by atoms with Crippen molar-refractivity contribution in [2.75, 3.05) is 44.7 Å². The molecule has 11 heteroatoms. The van der Waals surface area contributed by atoms with Crippen LogP contribution in [0.4, 0.5) is 10.2 Å². The average molecular weight is 519 g/mol. The number of aromatic hydroxyl groups is 1. The summed E-state index contributed by atoms with van der Waals surface area (Å²) in [6.45, 7) is 7.12. The minimum atomic E-state index is -0.748. The zero-order valence-corrected chi connectivity index (χ0v) is 20.8. The van der Waals surface area contributed by atoms with Crippen molar-refractivity contribution in [1.82, 2.24) is 14.8 Å². The summed E-state index contributed by atoms with van der Waals surface area (Å²) in [5.41, 5.74) is -0.259. The first-order valence-corrected chi connectivity index (χ1v) is 11.9. The van der Waals surface area contributed by atoms with Crippen molar-refractivity contribution < 1.29 is 28.9 Å². The fourth-order valence-electron chi connectivity index (χ4n) is 4.43. The van der Waals surface area contributed by atoms with Crippen LogP contribution < -0.4 is 9.64 Å². The number of phenolic OH excluding ortho intramolecular Hbond substituents is 1. The minimum Gasteiger partial charge on any atom is -0.507 e. The van der Waals surface area contributed by atoms with E-state index in [0.29, 0.717) is 25.9 Å². The number of carbonyl (C=O) groups excluding carboxylic acids is 2. The van der Waals surface area contributed by atoms with Gasteiger partial charge in [-0.15, -0.1) is 0 Å². The van der Waals surface area contributed by atoms with Crippen LogP contribution in [0.2, 0.25) is 5.02 Å². The predicted molar refractivity (Wildman–Crippen MR) is 133 cm³/mol. The number of hydrogen-bond acceptors (Lipinski definition) is 8. The van der Waals surface area contributed by atoms with Crippen LogP contribution in [0.5, 0.6) is 11.5 Å². The smallest absolute Gasteiger partial charge is 0.246 e. The van der Waals surface area contributed by atoms with E-state index >= 15 is 0 Å². The zero-order chi connectivity index (χ0) is 26.1. The lowest BCUT2D eigenvalue weighted by Gasteiger charge is -2.45. The molecule has 9 nitrogen and oxygen atoms in total. The van der Waals surface area contributed by atoms with Gasteiger partial charge in [-0.2, -0.15) is 0 Å². The van der Waals surface area contributed by atoms with Gasteiger partial charge in [-0.3, -0.25) is 14.5 Å². The Labute approximate surface area is 213 Å². The molecule has 2 saturated heterocycles. The van der Waals surface area contributed by atoms with Gasteiger partial charge in [-0.25, -0.2) is 9.37 Å². The van der Waals surface area contributed by atoms with Crippen molar-refractivity contribution in [3.63, 3.8) is 0 Å². The van der Waals surface area contributed by atoms with E-state index in [2.05, 4.69) is 11.6 Å². The molecule has 2 fully saturated rings. The number of phenols is 1. The summed E-state index contributed by atoms with van der Waals surface area (Å²) in [5.74, 6) is -1.15. The summed E-state index contributed by atoms with van der Waals surface area (Å²) in [7, 11) is 1.90. The Hall–Kier alpha value is -3.21. The number of β-amino-alcohol motifs (C(OH)–C–C–N with tert-alkyl or cyclic N) is 1. The number of ether oxygens (including phenoxy) is 1. The van der Waals surface area contributed by atoms with E-state index in [9.17, 15) is 24.2 Å². The van der Waals surface area contributed by atoms with Crippen molar-refractivity contribution in [1.29, 1.82) is 0 Å². The summed E-state index contributed by atoms with van der Waals surface area (Å²) in [6, 6.07) is 3.25. The topological polar surface area (TPSA) is 106 Å². The van der Waals surface area contributed by atoms with Crippen LogP contribution in [0.1, 0.15) is 17.3 Å². The fraction of sp³-hybridized carbons (Fsp3) is 0.400. The highest BCUT2D eigenvalue weighted by Crippen LogP contribution is 2.45. The zero-order valence-electron chi connectivity index (χ0n) is 20.0. The van der Waals surface area contributed by atoms with Gasteiger partial charge in [0.05, 0.1) is 23.8 Å². The summed E-state index contributed by atoms with van der Waals surface area (Å²) < 4.78 is 20.9. The Kier molecular flexibility index (Phi) is 7.49. The molecule has 0 saturated carbocycles. The first-order chi connectivity index (χ1) is 17.2. The lowest BCUT2D eigenvalue weighted by molar-refractivity contribution is -0.129. The van der Waals surface area contributed by atoms with Crippen LogP contribution in [0.25, 0.3) is 11.3 Å². The van der Waals surface area contributed by atoms with Gasteiger partial charge in [0.1, 0.15) is 40.3 Å². The molecule has 2 aliphatic heterocycles. The molecule has 1 amide bonds. The van der Waals surface area contributed by atoms with Crippen molar-refractivity contribution in [3.8, 4) is 22.8 Å². The van der Waals surface area contributed by atoms with Gasteiger partial charge in [-0.1, -0.05) is 24.2 Å². The molecule has 2 N–H and O–H groups in total.